The predicted molar refractivity (Wildman–Crippen MR) is 80.0 cm³/mol. The van der Waals surface area contributed by atoms with E-state index in [1.807, 2.05) is 42.5 Å². The Balaban J connectivity index is 1.92. The van der Waals surface area contributed by atoms with E-state index in [-0.39, 0.29) is 11.7 Å². The van der Waals surface area contributed by atoms with Crippen molar-refractivity contribution >= 4 is 5.78 Å². The molecule has 2 aromatic carbocycles. The Morgan fingerprint density at radius 3 is 2.57 bits per heavy atom. The van der Waals surface area contributed by atoms with Crippen LogP contribution in [0.25, 0.3) is 0 Å². The van der Waals surface area contributed by atoms with Gasteiger partial charge in [0, 0.05) is 5.92 Å². The number of carbonyl (C=O) groups is 1. The van der Waals surface area contributed by atoms with E-state index >= 15 is 0 Å². The first-order valence-corrected chi connectivity index (χ1v) is 6.90. The van der Waals surface area contributed by atoms with Crippen molar-refractivity contribution in [1.82, 2.24) is 0 Å². The van der Waals surface area contributed by atoms with Crippen LogP contribution in [0.15, 0.2) is 64.8 Å². The SMILES string of the molecule is COc1ccccc1C(=O)[C@@H]1N=NC[C@@H]1c1ccccc1. The van der Waals surface area contributed by atoms with Crippen molar-refractivity contribution in [2.24, 2.45) is 10.2 Å². The van der Waals surface area contributed by atoms with Crippen molar-refractivity contribution < 1.29 is 9.53 Å². The summed E-state index contributed by atoms with van der Waals surface area (Å²) < 4.78 is 5.27. The number of rotatable bonds is 4. The zero-order chi connectivity index (χ0) is 14.7. The van der Waals surface area contributed by atoms with Crippen LogP contribution in [-0.2, 0) is 0 Å². The van der Waals surface area contributed by atoms with Crippen molar-refractivity contribution in [3.8, 4) is 5.75 Å². The van der Waals surface area contributed by atoms with Crippen LogP contribution in [0.3, 0.4) is 0 Å². The molecule has 0 unspecified atom stereocenters. The molecule has 0 radical (unpaired) electrons. The van der Waals surface area contributed by atoms with Crippen molar-refractivity contribution in [2.45, 2.75) is 12.0 Å². The summed E-state index contributed by atoms with van der Waals surface area (Å²) in [5.41, 5.74) is 1.66. The Morgan fingerprint density at radius 1 is 1.10 bits per heavy atom. The standard InChI is InChI=1S/C17H16N2O2/c1-21-15-10-6-5-9-13(15)17(20)16-14(11-18-19-16)12-7-3-2-4-8-12/h2-10,14,16H,11H2,1H3/t14-,16-/m1/s1. The Hall–Kier alpha value is -2.49. The number of Topliss-reactive ketones (excluding diaryl/α,β-unsaturated/α-hetero) is 1. The first-order valence-electron chi connectivity index (χ1n) is 6.90. The minimum Gasteiger partial charge on any atom is -0.496 e. The molecule has 0 aromatic heterocycles. The van der Waals surface area contributed by atoms with Crippen molar-refractivity contribution in [3.05, 3.63) is 65.7 Å². The monoisotopic (exact) mass is 280 g/mol. The molecule has 1 aliphatic heterocycles. The summed E-state index contributed by atoms with van der Waals surface area (Å²) in [5.74, 6) is 0.544. The third kappa shape index (κ3) is 2.57. The fraction of sp³-hybridized carbons (Fsp3) is 0.235. The van der Waals surface area contributed by atoms with Gasteiger partial charge in [-0.05, 0) is 17.7 Å². The molecule has 0 saturated carbocycles. The van der Waals surface area contributed by atoms with Crippen LogP contribution in [0, 0.1) is 0 Å². The zero-order valence-corrected chi connectivity index (χ0v) is 11.8. The van der Waals surface area contributed by atoms with E-state index in [9.17, 15) is 4.79 Å². The summed E-state index contributed by atoms with van der Waals surface area (Å²) >= 11 is 0. The third-order valence-corrected chi connectivity index (χ3v) is 3.73. The number of carbonyl (C=O) groups excluding carboxylic acids is 1. The minimum absolute atomic E-state index is 0.00334. The summed E-state index contributed by atoms with van der Waals surface area (Å²) in [6.07, 6.45) is 0. The van der Waals surface area contributed by atoms with Gasteiger partial charge in [-0.2, -0.15) is 10.2 Å². The maximum Gasteiger partial charge on any atom is 0.193 e. The molecule has 0 bridgehead atoms. The summed E-state index contributed by atoms with van der Waals surface area (Å²) in [6.45, 7) is 0.551. The third-order valence-electron chi connectivity index (χ3n) is 3.73. The maximum atomic E-state index is 12.8. The number of ether oxygens (including phenoxy) is 1. The van der Waals surface area contributed by atoms with E-state index < -0.39 is 6.04 Å². The van der Waals surface area contributed by atoms with E-state index in [1.54, 1.807) is 19.2 Å². The average Bonchev–Trinajstić information content (AvgIpc) is 3.04. The molecule has 0 aliphatic carbocycles. The van der Waals surface area contributed by atoms with E-state index in [2.05, 4.69) is 10.2 Å². The minimum atomic E-state index is -0.469. The Bertz CT molecular complexity index is 668. The van der Waals surface area contributed by atoms with Gasteiger partial charge in [-0.25, -0.2) is 0 Å². The fourth-order valence-electron chi connectivity index (χ4n) is 2.63. The van der Waals surface area contributed by atoms with Crippen LogP contribution in [0.2, 0.25) is 0 Å². The molecular formula is C17H16N2O2. The highest BCUT2D eigenvalue weighted by Crippen LogP contribution is 2.31. The van der Waals surface area contributed by atoms with Gasteiger partial charge in [0.1, 0.15) is 11.8 Å². The van der Waals surface area contributed by atoms with E-state index in [1.165, 1.54) is 0 Å². The quantitative estimate of drug-likeness (QED) is 0.805. The smallest absolute Gasteiger partial charge is 0.193 e. The zero-order valence-electron chi connectivity index (χ0n) is 11.8. The Labute approximate surface area is 123 Å². The average molecular weight is 280 g/mol. The highest BCUT2D eigenvalue weighted by Gasteiger charge is 2.34. The lowest BCUT2D eigenvalue weighted by Gasteiger charge is -2.17. The maximum absolute atomic E-state index is 12.8. The molecule has 0 saturated heterocycles. The second-order valence-corrected chi connectivity index (χ2v) is 4.97. The van der Waals surface area contributed by atoms with Gasteiger partial charge in [-0.3, -0.25) is 4.79 Å². The molecule has 0 N–H and O–H groups in total. The van der Waals surface area contributed by atoms with Crippen LogP contribution in [0.4, 0.5) is 0 Å². The fourth-order valence-corrected chi connectivity index (χ4v) is 2.63. The van der Waals surface area contributed by atoms with E-state index in [4.69, 9.17) is 4.74 Å². The van der Waals surface area contributed by atoms with Gasteiger partial charge in [-0.1, -0.05) is 42.5 Å². The molecular weight excluding hydrogens is 264 g/mol. The second-order valence-electron chi connectivity index (χ2n) is 4.97. The number of azo groups is 1. The van der Waals surface area contributed by atoms with Crippen LogP contribution in [0.5, 0.6) is 5.75 Å². The number of para-hydroxylation sites is 1. The number of methoxy groups -OCH3 is 1. The molecule has 0 amide bonds. The van der Waals surface area contributed by atoms with Crippen LogP contribution >= 0.6 is 0 Å². The lowest BCUT2D eigenvalue weighted by Crippen LogP contribution is -2.25. The topological polar surface area (TPSA) is 51.0 Å². The molecule has 4 nitrogen and oxygen atoms in total. The second kappa shape index (κ2) is 5.87. The first kappa shape index (κ1) is 13.5. The van der Waals surface area contributed by atoms with Gasteiger partial charge in [-0.15, -0.1) is 0 Å². The Morgan fingerprint density at radius 2 is 1.81 bits per heavy atom. The molecule has 2 aromatic rings. The summed E-state index contributed by atoms with van der Waals surface area (Å²) in [7, 11) is 1.57. The largest absolute Gasteiger partial charge is 0.496 e. The summed E-state index contributed by atoms with van der Waals surface area (Å²) in [4.78, 5) is 12.8. The van der Waals surface area contributed by atoms with Gasteiger partial charge in [0.15, 0.2) is 5.78 Å². The number of nitrogens with zero attached hydrogens (tertiary/aromatic N) is 2. The van der Waals surface area contributed by atoms with E-state index in [0.29, 0.717) is 17.9 Å². The number of ketones is 1. The molecule has 3 rings (SSSR count). The molecule has 106 valence electrons. The van der Waals surface area contributed by atoms with Crippen LogP contribution in [0.1, 0.15) is 21.8 Å². The molecule has 0 spiro atoms. The van der Waals surface area contributed by atoms with Crippen molar-refractivity contribution in [1.29, 1.82) is 0 Å². The van der Waals surface area contributed by atoms with Crippen LogP contribution in [-0.4, -0.2) is 25.5 Å². The summed E-state index contributed by atoms with van der Waals surface area (Å²) in [5, 5.41) is 8.25. The van der Waals surface area contributed by atoms with E-state index in [0.717, 1.165) is 5.56 Å². The first-order chi connectivity index (χ1) is 10.3. The molecule has 1 heterocycles. The molecule has 2 atom stereocenters. The Kier molecular flexibility index (Phi) is 3.77. The van der Waals surface area contributed by atoms with Gasteiger partial charge < -0.3 is 4.74 Å². The van der Waals surface area contributed by atoms with Crippen LogP contribution < -0.4 is 4.74 Å². The van der Waals surface area contributed by atoms with Gasteiger partial charge >= 0.3 is 0 Å². The lowest BCUT2D eigenvalue weighted by atomic mass is 9.88. The van der Waals surface area contributed by atoms with Crippen molar-refractivity contribution in [3.63, 3.8) is 0 Å². The molecule has 4 heteroatoms. The van der Waals surface area contributed by atoms with Crippen molar-refractivity contribution in [2.75, 3.05) is 13.7 Å². The highest BCUT2D eigenvalue weighted by atomic mass is 16.5. The number of hydrogen-bond donors (Lipinski definition) is 0. The van der Waals surface area contributed by atoms with Gasteiger partial charge in [0.2, 0.25) is 0 Å². The molecule has 1 aliphatic rings. The molecule has 0 fully saturated rings. The summed E-state index contributed by atoms with van der Waals surface area (Å²) in [6, 6.07) is 16.7. The normalized spacial score (nSPS) is 20.4. The molecule has 21 heavy (non-hydrogen) atoms. The van der Waals surface area contributed by atoms with Gasteiger partial charge in [0.25, 0.3) is 0 Å². The predicted octanol–water partition coefficient (Wildman–Crippen LogP) is 3.50. The lowest BCUT2D eigenvalue weighted by molar-refractivity contribution is 0.0953. The van der Waals surface area contributed by atoms with Gasteiger partial charge in [0.05, 0.1) is 19.2 Å². The number of benzene rings is 2. The number of hydrogen-bond acceptors (Lipinski definition) is 4. The highest BCUT2D eigenvalue weighted by molar-refractivity contribution is 6.03.